The maximum atomic E-state index is 12.8. The van der Waals surface area contributed by atoms with Crippen LogP contribution in [0.15, 0.2) is 23.1 Å². The van der Waals surface area contributed by atoms with Crippen LogP contribution in [0.2, 0.25) is 0 Å². The van der Waals surface area contributed by atoms with Crippen molar-refractivity contribution < 1.29 is 23.1 Å². The first-order valence-electron chi connectivity index (χ1n) is 6.87. The molecule has 0 amide bonds. The van der Waals surface area contributed by atoms with Gasteiger partial charge in [-0.3, -0.25) is 0 Å². The van der Waals surface area contributed by atoms with Gasteiger partial charge in [-0.15, -0.1) is 0 Å². The molecule has 2 aliphatic heterocycles. The zero-order chi connectivity index (χ0) is 15.2. The van der Waals surface area contributed by atoms with E-state index in [0.717, 1.165) is 12.8 Å². The largest absolute Gasteiger partial charge is 0.478 e. The van der Waals surface area contributed by atoms with Crippen LogP contribution >= 0.6 is 0 Å². The van der Waals surface area contributed by atoms with Gasteiger partial charge in [0.2, 0.25) is 10.0 Å². The molecule has 1 N–H and O–H groups in total. The lowest BCUT2D eigenvalue weighted by molar-refractivity contribution is -0.0114. The molecule has 0 spiro atoms. The topological polar surface area (TPSA) is 83.9 Å². The number of carboxylic acid groups (broad SMARTS) is 1. The second-order valence-corrected chi connectivity index (χ2v) is 7.47. The molecule has 2 saturated heterocycles. The summed E-state index contributed by atoms with van der Waals surface area (Å²) in [6.45, 7) is 2.36. The normalized spacial score (nSPS) is 26.0. The maximum Gasteiger partial charge on any atom is 0.335 e. The molecule has 3 rings (SSSR count). The second-order valence-electron chi connectivity index (χ2n) is 5.56. The van der Waals surface area contributed by atoms with Crippen LogP contribution in [-0.2, 0) is 14.8 Å². The number of carboxylic acids is 1. The molecule has 2 fully saturated rings. The van der Waals surface area contributed by atoms with Crippen molar-refractivity contribution in [1.29, 1.82) is 0 Å². The summed E-state index contributed by atoms with van der Waals surface area (Å²) in [5, 5.41) is 9.04. The maximum absolute atomic E-state index is 12.8. The number of ether oxygens (including phenoxy) is 1. The predicted molar refractivity (Wildman–Crippen MR) is 74.8 cm³/mol. The van der Waals surface area contributed by atoms with Crippen LogP contribution in [0.4, 0.5) is 0 Å². The monoisotopic (exact) mass is 311 g/mol. The van der Waals surface area contributed by atoms with Gasteiger partial charge in [-0.1, -0.05) is 6.07 Å². The Morgan fingerprint density at radius 2 is 1.90 bits per heavy atom. The Morgan fingerprint density at radius 3 is 2.48 bits per heavy atom. The van der Waals surface area contributed by atoms with Crippen molar-refractivity contribution >= 4 is 16.0 Å². The quantitative estimate of drug-likeness (QED) is 0.908. The third kappa shape index (κ3) is 2.56. The Labute approximate surface area is 123 Å². The highest BCUT2D eigenvalue weighted by atomic mass is 32.2. The van der Waals surface area contributed by atoms with Gasteiger partial charge in [0.25, 0.3) is 0 Å². The molecule has 0 radical (unpaired) electrons. The first-order chi connectivity index (χ1) is 9.88. The summed E-state index contributed by atoms with van der Waals surface area (Å²) < 4.78 is 32.6. The Bertz CT molecular complexity index is 673. The first kappa shape index (κ1) is 14.5. The molecule has 2 atom stereocenters. The summed E-state index contributed by atoms with van der Waals surface area (Å²) in [5.74, 6) is -1.13. The molecule has 0 aromatic heterocycles. The third-order valence-electron chi connectivity index (χ3n) is 4.06. The van der Waals surface area contributed by atoms with Crippen LogP contribution in [0.1, 0.15) is 28.8 Å². The van der Waals surface area contributed by atoms with E-state index in [9.17, 15) is 13.2 Å². The van der Waals surface area contributed by atoms with E-state index in [1.54, 1.807) is 6.92 Å². The van der Waals surface area contributed by atoms with E-state index in [1.165, 1.54) is 22.5 Å². The van der Waals surface area contributed by atoms with Crippen molar-refractivity contribution in [3.63, 3.8) is 0 Å². The average Bonchev–Trinajstić information content (AvgIpc) is 2.77. The fourth-order valence-corrected chi connectivity index (χ4v) is 4.68. The summed E-state index contributed by atoms with van der Waals surface area (Å²) in [5.41, 5.74) is 0.536. The van der Waals surface area contributed by atoms with Crippen molar-refractivity contribution in [2.75, 3.05) is 13.1 Å². The molecule has 7 heteroatoms. The number of rotatable bonds is 3. The van der Waals surface area contributed by atoms with Gasteiger partial charge in [0, 0.05) is 13.1 Å². The van der Waals surface area contributed by atoms with Crippen LogP contribution < -0.4 is 0 Å². The predicted octanol–water partition coefficient (Wildman–Crippen LogP) is 1.25. The summed E-state index contributed by atoms with van der Waals surface area (Å²) in [6, 6.07) is 4.19. The van der Waals surface area contributed by atoms with E-state index < -0.39 is 16.0 Å². The molecule has 21 heavy (non-hydrogen) atoms. The van der Waals surface area contributed by atoms with Crippen molar-refractivity contribution in [2.24, 2.45) is 0 Å². The smallest absolute Gasteiger partial charge is 0.335 e. The van der Waals surface area contributed by atoms with Crippen LogP contribution in [0.3, 0.4) is 0 Å². The average molecular weight is 311 g/mol. The van der Waals surface area contributed by atoms with E-state index in [-0.39, 0.29) is 22.7 Å². The number of morpholine rings is 1. The number of nitrogens with zero attached hydrogens (tertiary/aromatic N) is 1. The zero-order valence-corrected chi connectivity index (χ0v) is 12.5. The summed E-state index contributed by atoms with van der Waals surface area (Å²) >= 11 is 0. The number of hydrogen-bond acceptors (Lipinski definition) is 4. The molecular formula is C14H17NO5S. The molecule has 2 aliphatic rings. The van der Waals surface area contributed by atoms with Crippen LogP contribution in [0.5, 0.6) is 0 Å². The van der Waals surface area contributed by atoms with Crippen molar-refractivity contribution in [1.82, 2.24) is 4.31 Å². The van der Waals surface area contributed by atoms with Crippen LogP contribution in [-0.4, -0.2) is 49.1 Å². The van der Waals surface area contributed by atoms with Gasteiger partial charge in [0.1, 0.15) is 0 Å². The van der Waals surface area contributed by atoms with Gasteiger partial charge in [-0.05, 0) is 37.5 Å². The Hall–Kier alpha value is -1.44. The zero-order valence-electron chi connectivity index (χ0n) is 11.7. The van der Waals surface area contributed by atoms with Gasteiger partial charge in [0.05, 0.1) is 22.7 Å². The Morgan fingerprint density at radius 1 is 1.29 bits per heavy atom. The van der Waals surface area contributed by atoms with E-state index in [4.69, 9.17) is 9.84 Å². The van der Waals surface area contributed by atoms with E-state index >= 15 is 0 Å². The Balaban J connectivity index is 1.98. The number of sulfonamides is 1. The second kappa shape index (κ2) is 5.08. The SMILES string of the molecule is Cc1ccc(C(=O)O)cc1S(=O)(=O)N1CC2CCC(C1)O2. The third-order valence-corrected chi connectivity index (χ3v) is 6.04. The lowest BCUT2D eigenvalue weighted by Crippen LogP contribution is -2.45. The highest BCUT2D eigenvalue weighted by Gasteiger charge is 2.39. The van der Waals surface area contributed by atoms with E-state index in [1.807, 2.05) is 0 Å². The van der Waals surface area contributed by atoms with Gasteiger partial charge >= 0.3 is 5.97 Å². The lowest BCUT2D eigenvalue weighted by Gasteiger charge is -2.31. The molecule has 0 aliphatic carbocycles. The molecule has 1 aromatic carbocycles. The summed E-state index contributed by atoms with van der Waals surface area (Å²) in [7, 11) is -3.68. The minimum Gasteiger partial charge on any atom is -0.478 e. The highest BCUT2D eigenvalue weighted by molar-refractivity contribution is 7.89. The molecule has 6 nitrogen and oxygen atoms in total. The fraction of sp³-hybridized carbons (Fsp3) is 0.500. The lowest BCUT2D eigenvalue weighted by atomic mass is 10.1. The summed E-state index contributed by atoms with van der Waals surface area (Å²) in [4.78, 5) is 11.1. The Kier molecular flexibility index (Phi) is 3.51. The molecule has 2 heterocycles. The molecular weight excluding hydrogens is 294 g/mol. The van der Waals surface area contributed by atoms with Gasteiger partial charge in [0.15, 0.2) is 0 Å². The van der Waals surface area contributed by atoms with Crippen LogP contribution in [0, 0.1) is 6.92 Å². The van der Waals surface area contributed by atoms with E-state index in [2.05, 4.69) is 0 Å². The number of carbonyl (C=O) groups is 1. The van der Waals surface area contributed by atoms with E-state index in [0.29, 0.717) is 18.7 Å². The number of benzene rings is 1. The molecule has 2 unspecified atom stereocenters. The van der Waals surface area contributed by atoms with Crippen molar-refractivity contribution in [3.8, 4) is 0 Å². The summed E-state index contributed by atoms with van der Waals surface area (Å²) in [6.07, 6.45) is 1.68. The standard InChI is InChI=1S/C14H17NO5S/c1-9-2-3-10(14(16)17)6-13(9)21(18,19)15-7-11-4-5-12(8-15)20-11/h2-3,6,11-12H,4-5,7-8H2,1H3,(H,16,17). The van der Waals surface area contributed by atoms with Gasteiger partial charge < -0.3 is 9.84 Å². The minimum absolute atomic E-state index is 0.0181. The minimum atomic E-state index is -3.68. The van der Waals surface area contributed by atoms with Gasteiger partial charge in [-0.25, -0.2) is 13.2 Å². The number of aromatic carboxylic acids is 1. The van der Waals surface area contributed by atoms with Gasteiger partial charge in [-0.2, -0.15) is 4.31 Å². The number of aryl methyl sites for hydroxylation is 1. The van der Waals surface area contributed by atoms with Crippen LogP contribution in [0.25, 0.3) is 0 Å². The van der Waals surface area contributed by atoms with Crippen molar-refractivity contribution in [2.45, 2.75) is 36.9 Å². The highest BCUT2D eigenvalue weighted by Crippen LogP contribution is 2.31. The first-order valence-corrected chi connectivity index (χ1v) is 8.31. The molecule has 1 aromatic rings. The fourth-order valence-electron chi connectivity index (χ4n) is 2.92. The molecule has 114 valence electrons. The molecule has 2 bridgehead atoms. The number of fused-ring (bicyclic) bond motifs is 2. The number of hydrogen-bond donors (Lipinski definition) is 1. The molecule has 0 saturated carbocycles. The van der Waals surface area contributed by atoms with Crippen molar-refractivity contribution in [3.05, 3.63) is 29.3 Å².